The average molecular weight is 404 g/mol. The molecule has 29 heavy (non-hydrogen) atoms. The summed E-state index contributed by atoms with van der Waals surface area (Å²) in [6, 6.07) is -0.853. The number of amidine groups is 1. The first-order chi connectivity index (χ1) is 13.8. The molecule has 3 aliphatic heterocycles. The fourth-order valence-corrected chi connectivity index (χ4v) is 4.37. The Hall–Kier alpha value is -2.26. The molecule has 2 saturated heterocycles. The lowest BCUT2D eigenvalue weighted by molar-refractivity contribution is -0.688. The lowest BCUT2D eigenvalue weighted by Crippen LogP contribution is -2.58. The number of imide groups is 1. The van der Waals surface area contributed by atoms with Crippen molar-refractivity contribution in [2.45, 2.75) is 40.3 Å². The van der Waals surface area contributed by atoms with Crippen molar-refractivity contribution in [1.29, 1.82) is 0 Å². The molecule has 0 aliphatic carbocycles. The van der Waals surface area contributed by atoms with Gasteiger partial charge >= 0.3 is 12.0 Å². The second-order valence-electron chi connectivity index (χ2n) is 8.50. The molecule has 2 fully saturated rings. The van der Waals surface area contributed by atoms with Gasteiger partial charge in [0.15, 0.2) is 0 Å². The van der Waals surface area contributed by atoms with Crippen LogP contribution in [0.1, 0.15) is 31.3 Å². The zero-order valence-electron chi connectivity index (χ0n) is 18.0. The number of rotatable bonds is 5. The first-order valence-corrected chi connectivity index (χ1v) is 10.4. The van der Waals surface area contributed by atoms with Crippen LogP contribution in [0.15, 0.2) is 4.99 Å². The van der Waals surface area contributed by atoms with Gasteiger partial charge in [-0.25, -0.2) is 13.9 Å². The van der Waals surface area contributed by atoms with Gasteiger partial charge in [-0.2, -0.15) is 0 Å². The zero-order valence-corrected chi connectivity index (χ0v) is 18.0. The van der Waals surface area contributed by atoms with Crippen molar-refractivity contribution in [3.8, 4) is 0 Å². The Morgan fingerprint density at radius 2 is 1.90 bits per heavy atom. The maximum absolute atomic E-state index is 13.3. The van der Waals surface area contributed by atoms with E-state index in [1.54, 1.807) is 7.05 Å². The molecule has 0 radical (unpaired) electrons. The van der Waals surface area contributed by atoms with Crippen LogP contribution in [0.4, 0.5) is 10.7 Å². The van der Waals surface area contributed by atoms with Crippen LogP contribution in [0.25, 0.3) is 0 Å². The maximum atomic E-state index is 13.3. The third kappa shape index (κ3) is 3.26. The number of hydrogen-bond acceptors (Lipinski definition) is 5. The monoisotopic (exact) mass is 403 g/mol. The van der Waals surface area contributed by atoms with Gasteiger partial charge in [-0.3, -0.25) is 19.5 Å². The summed E-state index contributed by atoms with van der Waals surface area (Å²) in [6.07, 6.45) is 0. The number of urea groups is 1. The fraction of sp³-hybridized carbons (Fsp3) is 0.700. The number of likely N-dealkylation sites (N-methyl/N-ethyl adjacent to an activating group) is 1. The molecule has 1 unspecified atom stereocenters. The number of carbonyl (C=O) groups is 2. The molecule has 0 aromatic carbocycles. The van der Waals surface area contributed by atoms with Crippen LogP contribution in [0.2, 0.25) is 0 Å². The minimum atomic E-state index is -0.560. The standard InChI is InChI=1S/C20H31N6O3/c1-13(2)12-25-18(27)16-17(22(5)20(25)28)21-19-24(14(3)15(4)26(16)19)7-6-23-8-10-29-11-9-23/h13,16H,6-12H2,1-5H3/q+1. The van der Waals surface area contributed by atoms with E-state index >= 15 is 0 Å². The van der Waals surface area contributed by atoms with E-state index in [1.165, 1.54) is 9.80 Å². The van der Waals surface area contributed by atoms with E-state index in [-0.39, 0.29) is 17.9 Å². The van der Waals surface area contributed by atoms with Crippen molar-refractivity contribution in [3.05, 3.63) is 11.4 Å². The van der Waals surface area contributed by atoms with E-state index < -0.39 is 6.04 Å². The number of aliphatic imine (C=N–C) groups is 1. The number of ether oxygens (including phenoxy) is 1. The summed E-state index contributed by atoms with van der Waals surface area (Å²) in [5.74, 6) is 1.31. The summed E-state index contributed by atoms with van der Waals surface area (Å²) in [7, 11) is 1.71. The number of fused-ring (bicyclic) bond motifs is 3. The second kappa shape index (κ2) is 7.53. The van der Waals surface area contributed by atoms with Crippen LogP contribution >= 0.6 is 0 Å². The van der Waals surface area contributed by atoms with E-state index in [1.807, 2.05) is 25.3 Å². The molecule has 0 bridgehead atoms. The van der Waals surface area contributed by atoms with Crippen molar-refractivity contribution in [2.75, 3.05) is 46.4 Å². The number of carbonyl (C=O) groups excluding carboxylic acids is 2. The minimum Gasteiger partial charge on any atom is -0.379 e. The Bertz CT molecular complexity index is 868. The van der Waals surface area contributed by atoms with Crippen molar-refractivity contribution in [3.63, 3.8) is 0 Å². The lowest BCUT2D eigenvalue weighted by atomic mass is 10.1. The van der Waals surface area contributed by atoms with Crippen molar-refractivity contribution in [2.24, 2.45) is 10.9 Å². The molecular formula is C20H31N6O3+. The SMILES string of the molecule is Cc1c(C)[n+](CCN2CCOCC2)c2n1C1C(=O)N(CC(C)C)C(=O)N(C)C1=N2. The van der Waals surface area contributed by atoms with Gasteiger partial charge < -0.3 is 4.74 Å². The summed E-state index contributed by atoms with van der Waals surface area (Å²) < 4.78 is 9.61. The first-order valence-electron chi connectivity index (χ1n) is 10.4. The molecule has 0 N–H and O–H groups in total. The Labute approximate surface area is 171 Å². The highest BCUT2D eigenvalue weighted by atomic mass is 16.5. The highest BCUT2D eigenvalue weighted by Gasteiger charge is 2.54. The van der Waals surface area contributed by atoms with Crippen LogP contribution in [0.3, 0.4) is 0 Å². The molecule has 4 heterocycles. The maximum Gasteiger partial charge on any atom is 0.402 e. The van der Waals surface area contributed by atoms with Gasteiger partial charge in [0.2, 0.25) is 11.9 Å². The highest BCUT2D eigenvalue weighted by molar-refractivity contribution is 6.20. The number of imidazole rings is 1. The third-order valence-electron chi connectivity index (χ3n) is 6.12. The van der Waals surface area contributed by atoms with Gasteiger partial charge in [-0.05, 0) is 19.8 Å². The molecule has 3 aliphatic rings. The number of amides is 3. The van der Waals surface area contributed by atoms with E-state index in [9.17, 15) is 9.59 Å². The molecule has 158 valence electrons. The Kier molecular flexibility index (Phi) is 5.20. The predicted molar refractivity (Wildman–Crippen MR) is 107 cm³/mol. The van der Waals surface area contributed by atoms with E-state index in [2.05, 4.69) is 16.4 Å². The van der Waals surface area contributed by atoms with Gasteiger partial charge in [0.1, 0.15) is 11.4 Å². The molecule has 9 heteroatoms. The summed E-state index contributed by atoms with van der Waals surface area (Å²) in [4.78, 5) is 36.1. The van der Waals surface area contributed by atoms with Crippen LogP contribution in [-0.4, -0.2) is 83.5 Å². The predicted octanol–water partition coefficient (Wildman–Crippen LogP) is 0.859. The number of nitrogens with zero attached hydrogens (tertiary/aromatic N) is 6. The number of aromatic nitrogens is 2. The zero-order chi connectivity index (χ0) is 20.9. The fourth-order valence-electron chi connectivity index (χ4n) is 4.37. The van der Waals surface area contributed by atoms with Crippen LogP contribution in [0.5, 0.6) is 0 Å². The number of hydrogen-bond donors (Lipinski definition) is 0. The molecule has 3 amide bonds. The highest BCUT2D eigenvalue weighted by Crippen LogP contribution is 2.35. The molecule has 1 atom stereocenters. The van der Waals surface area contributed by atoms with Crippen molar-refractivity contribution in [1.82, 2.24) is 19.3 Å². The summed E-state index contributed by atoms with van der Waals surface area (Å²) in [5.41, 5.74) is 2.13. The van der Waals surface area contributed by atoms with Gasteiger partial charge in [-0.15, -0.1) is 0 Å². The second-order valence-corrected chi connectivity index (χ2v) is 8.50. The topological polar surface area (TPSA) is 74.3 Å². The van der Waals surface area contributed by atoms with Crippen LogP contribution in [0, 0.1) is 19.8 Å². The molecule has 9 nitrogen and oxygen atoms in total. The summed E-state index contributed by atoms with van der Waals surface area (Å²) in [5, 5.41) is 0. The van der Waals surface area contributed by atoms with Crippen molar-refractivity contribution < 1.29 is 18.9 Å². The van der Waals surface area contributed by atoms with Gasteiger partial charge in [0.05, 0.1) is 19.8 Å². The normalized spacial score (nSPS) is 22.4. The molecule has 1 aromatic heterocycles. The summed E-state index contributed by atoms with van der Waals surface area (Å²) in [6.45, 7) is 13.6. The van der Waals surface area contributed by atoms with Gasteiger partial charge in [-0.1, -0.05) is 18.8 Å². The minimum absolute atomic E-state index is 0.183. The number of morpholine rings is 1. The van der Waals surface area contributed by atoms with E-state index in [0.29, 0.717) is 12.4 Å². The summed E-state index contributed by atoms with van der Waals surface area (Å²) >= 11 is 0. The quantitative estimate of drug-likeness (QED) is 0.684. The molecule has 1 aromatic rings. The Balaban J connectivity index is 1.66. The van der Waals surface area contributed by atoms with Crippen molar-refractivity contribution >= 4 is 23.7 Å². The Morgan fingerprint density at radius 1 is 1.21 bits per heavy atom. The average Bonchev–Trinajstić information content (AvgIpc) is 3.19. The third-order valence-corrected chi connectivity index (χ3v) is 6.12. The molecule has 0 spiro atoms. The van der Waals surface area contributed by atoms with E-state index in [4.69, 9.17) is 9.73 Å². The van der Waals surface area contributed by atoms with E-state index in [0.717, 1.165) is 56.7 Å². The molecular weight excluding hydrogens is 372 g/mol. The van der Waals surface area contributed by atoms with Crippen LogP contribution < -0.4 is 4.57 Å². The van der Waals surface area contributed by atoms with Gasteiger partial charge in [0.25, 0.3) is 5.91 Å². The van der Waals surface area contributed by atoms with Crippen LogP contribution in [-0.2, 0) is 16.1 Å². The first kappa shape index (κ1) is 20.0. The molecule has 0 saturated carbocycles. The molecule has 4 rings (SSSR count). The lowest BCUT2D eigenvalue weighted by Gasteiger charge is -2.34. The smallest absolute Gasteiger partial charge is 0.379 e. The Morgan fingerprint density at radius 3 is 2.55 bits per heavy atom. The van der Waals surface area contributed by atoms with Gasteiger partial charge in [0, 0.05) is 33.2 Å². The largest absolute Gasteiger partial charge is 0.402 e.